The number of nitrogens with zero attached hydrogens (tertiary/aromatic N) is 2. The molecule has 2 heterocycles. The van der Waals surface area contributed by atoms with E-state index in [0.717, 1.165) is 22.2 Å². The Morgan fingerprint density at radius 2 is 1.78 bits per heavy atom. The average molecular weight is 498 g/mol. The Balaban J connectivity index is 1.29. The molecule has 0 unspecified atom stereocenters. The molecular weight excluding hydrogens is 474 g/mol. The number of rotatable bonds is 8. The minimum absolute atomic E-state index is 0.243. The minimum atomic E-state index is -0.551. The molecule has 2 aromatic heterocycles. The standard InChI is InChI=1S/C27H23N5O3S/c1-32(2)23-22(24(33)25(23)34)30-17-6-5-7-18(14-17)31-27(35)26-21(11-13-36-26)29-15-16-10-12-28-20-9-4-3-8-19(16)20/h3-14,29-30H,15H2,1-2H3,(H,31,35). The first-order valence-electron chi connectivity index (χ1n) is 11.3. The van der Waals surface area contributed by atoms with Gasteiger partial charge < -0.3 is 20.9 Å². The lowest BCUT2D eigenvalue weighted by atomic mass is 10.1. The van der Waals surface area contributed by atoms with E-state index in [4.69, 9.17) is 0 Å². The maximum atomic E-state index is 13.1. The Morgan fingerprint density at radius 3 is 2.61 bits per heavy atom. The first-order chi connectivity index (χ1) is 17.4. The van der Waals surface area contributed by atoms with Gasteiger partial charge in [-0.1, -0.05) is 24.3 Å². The molecule has 5 aromatic rings. The number of amides is 1. The average Bonchev–Trinajstić information content (AvgIpc) is 3.36. The summed E-state index contributed by atoms with van der Waals surface area (Å²) in [6.45, 7) is 0.551. The predicted octanol–water partition coefficient (Wildman–Crippen LogP) is 4.57. The molecule has 0 aliphatic heterocycles. The van der Waals surface area contributed by atoms with Gasteiger partial charge in [-0.15, -0.1) is 11.3 Å². The first kappa shape index (κ1) is 23.3. The van der Waals surface area contributed by atoms with Gasteiger partial charge >= 0.3 is 0 Å². The predicted molar refractivity (Wildman–Crippen MR) is 147 cm³/mol. The number of pyridine rings is 1. The van der Waals surface area contributed by atoms with Gasteiger partial charge in [0.25, 0.3) is 16.8 Å². The number of nitrogens with one attached hydrogen (secondary N) is 3. The fraction of sp³-hybridized carbons (Fsp3) is 0.111. The number of para-hydroxylation sites is 1. The van der Waals surface area contributed by atoms with Gasteiger partial charge in [-0.3, -0.25) is 19.4 Å². The normalized spacial score (nSPS) is 10.9. The van der Waals surface area contributed by atoms with Crippen LogP contribution in [0.5, 0.6) is 0 Å². The Labute approximate surface area is 210 Å². The summed E-state index contributed by atoms with van der Waals surface area (Å²) < 4.78 is 0. The zero-order chi connectivity index (χ0) is 25.2. The Hall–Kier alpha value is -4.50. The molecule has 8 nitrogen and oxygen atoms in total. The van der Waals surface area contributed by atoms with Gasteiger partial charge in [0.15, 0.2) is 0 Å². The number of fused-ring (bicyclic) bond motifs is 1. The monoisotopic (exact) mass is 497 g/mol. The van der Waals surface area contributed by atoms with Crippen molar-refractivity contribution in [3.05, 3.63) is 103 Å². The van der Waals surface area contributed by atoms with E-state index < -0.39 is 10.9 Å². The smallest absolute Gasteiger partial charge is 0.267 e. The van der Waals surface area contributed by atoms with Crippen molar-refractivity contribution in [2.45, 2.75) is 6.54 Å². The van der Waals surface area contributed by atoms with Crippen LogP contribution in [0.4, 0.5) is 28.4 Å². The van der Waals surface area contributed by atoms with Crippen molar-refractivity contribution in [2.75, 3.05) is 34.9 Å². The fourth-order valence-electron chi connectivity index (χ4n) is 4.05. The third kappa shape index (κ3) is 4.44. The quantitative estimate of drug-likeness (QED) is 0.270. The lowest BCUT2D eigenvalue weighted by Crippen LogP contribution is -2.39. The van der Waals surface area contributed by atoms with Crippen LogP contribution in [0.3, 0.4) is 0 Å². The molecule has 0 saturated carbocycles. The van der Waals surface area contributed by atoms with Crippen LogP contribution in [0.15, 0.2) is 81.8 Å². The Morgan fingerprint density at radius 1 is 0.972 bits per heavy atom. The molecular formula is C27H23N5O3S. The summed E-state index contributed by atoms with van der Waals surface area (Å²) >= 11 is 1.35. The molecule has 0 spiro atoms. The molecule has 0 aliphatic carbocycles. The van der Waals surface area contributed by atoms with Crippen molar-refractivity contribution in [2.24, 2.45) is 0 Å². The molecule has 180 valence electrons. The maximum absolute atomic E-state index is 13.1. The number of benzene rings is 2. The van der Waals surface area contributed by atoms with E-state index in [-0.39, 0.29) is 11.6 Å². The molecule has 0 bridgehead atoms. The second-order valence-electron chi connectivity index (χ2n) is 8.44. The summed E-state index contributed by atoms with van der Waals surface area (Å²) in [5.74, 6) is -0.243. The van der Waals surface area contributed by atoms with E-state index in [2.05, 4.69) is 20.9 Å². The molecule has 3 N–H and O–H groups in total. The van der Waals surface area contributed by atoms with E-state index in [0.29, 0.717) is 28.5 Å². The van der Waals surface area contributed by atoms with Crippen molar-refractivity contribution >= 4 is 56.6 Å². The summed E-state index contributed by atoms with van der Waals surface area (Å²) in [5, 5.41) is 12.2. The van der Waals surface area contributed by atoms with Crippen LogP contribution in [-0.4, -0.2) is 25.0 Å². The number of carbonyl (C=O) groups is 1. The van der Waals surface area contributed by atoms with Gasteiger partial charge in [-0.25, -0.2) is 0 Å². The largest absolute Gasteiger partial charge is 0.380 e. The lowest BCUT2D eigenvalue weighted by molar-refractivity contribution is 0.103. The van der Waals surface area contributed by atoms with Crippen molar-refractivity contribution in [1.29, 1.82) is 0 Å². The highest BCUT2D eigenvalue weighted by Gasteiger charge is 2.22. The highest BCUT2D eigenvalue weighted by Crippen LogP contribution is 2.27. The minimum Gasteiger partial charge on any atom is -0.380 e. The number of hydrogen-bond acceptors (Lipinski definition) is 8. The van der Waals surface area contributed by atoms with Gasteiger partial charge in [-0.2, -0.15) is 0 Å². The van der Waals surface area contributed by atoms with Crippen LogP contribution in [0, 0.1) is 0 Å². The number of carbonyl (C=O) groups excluding carboxylic acids is 1. The van der Waals surface area contributed by atoms with Crippen molar-refractivity contribution in [3.8, 4) is 0 Å². The molecule has 3 aromatic carbocycles. The molecule has 0 radical (unpaired) electrons. The summed E-state index contributed by atoms with van der Waals surface area (Å²) in [5.41, 5.74) is 3.45. The SMILES string of the molecule is CN(C)c1c(Nc2cccc(NC(=O)c3sccc3NCc3ccnc4ccccc34)c2)c(=O)c1=O. The highest BCUT2D eigenvalue weighted by atomic mass is 32.1. The molecule has 0 fully saturated rings. The summed E-state index contributed by atoms with van der Waals surface area (Å²) in [7, 11) is 3.42. The highest BCUT2D eigenvalue weighted by molar-refractivity contribution is 7.12. The van der Waals surface area contributed by atoms with Gasteiger partial charge in [0, 0.05) is 43.6 Å². The summed E-state index contributed by atoms with van der Waals surface area (Å²) in [6, 6.07) is 18.8. The molecule has 0 saturated heterocycles. The van der Waals surface area contributed by atoms with Gasteiger partial charge in [0.2, 0.25) is 0 Å². The van der Waals surface area contributed by atoms with E-state index in [1.54, 1.807) is 49.5 Å². The lowest BCUT2D eigenvalue weighted by Gasteiger charge is -2.19. The second-order valence-corrected chi connectivity index (χ2v) is 9.36. The Bertz CT molecular complexity index is 1640. The number of anilines is 5. The number of thiophene rings is 1. The van der Waals surface area contributed by atoms with E-state index >= 15 is 0 Å². The molecule has 5 rings (SSSR count). The van der Waals surface area contributed by atoms with Gasteiger partial charge in [-0.05, 0) is 47.3 Å². The number of aromatic nitrogens is 1. The third-order valence-electron chi connectivity index (χ3n) is 5.80. The molecule has 1 amide bonds. The molecule has 9 heteroatoms. The summed E-state index contributed by atoms with van der Waals surface area (Å²) in [6.07, 6.45) is 1.78. The zero-order valence-electron chi connectivity index (χ0n) is 19.7. The maximum Gasteiger partial charge on any atom is 0.267 e. The third-order valence-corrected chi connectivity index (χ3v) is 6.72. The van der Waals surface area contributed by atoms with Crippen LogP contribution < -0.4 is 31.7 Å². The van der Waals surface area contributed by atoms with E-state index in [9.17, 15) is 14.4 Å². The molecule has 0 atom stereocenters. The first-order valence-corrected chi connectivity index (χ1v) is 12.1. The number of hydrogen-bond donors (Lipinski definition) is 3. The molecule has 0 aliphatic rings. The van der Waals surface area contributed by atoms with E-state index in [1.807, 2.05) is 41.8 Å². The Kier molecular flexibility index (Phi) is 6.22. The van der Waals surface area contributed by atoms with Crippen LogP contribution in [0.25, 0.3) is 10.9 Å². The van der Waals surface area contributed by atoms with Crippen molar-refractivity contribution < 1.29 is 4.79 Å². The zero-order valence-corrected chi connectivity index (χ0v) is 20.5. The topological polar surface area (TPSA) is 103 Å². The summed E-state index contributed by atoms with van der Waals surface area (Å²) in [4.78, 5) is 43.5. The molecule has 36 heavy (non-hydrogen) atoms. The van der Waals surface area contributed by atoms with Crippen LogP contribution in [0.1, 0.15) is 15.2 Å². The van der Waals surface area contributed by atoms with Crippen LogP contribution >= 0.6 is 11.3 Å². The van der Waals surface area contributed by atoms with Crippen molar-refractivity contribution in [3.63, 3.8) is 0 Å². The van der Waals surface area contributed by atoms with Crippen molar-refractivity contribution in [1.82, 2.24) is 4.98 Å². The van der Waals surface area contributed by atoms with E-state index in [1.165, 1.54) is 11.3 Å². The van der Waals surface area contributed by atoms with Gasteiger partial charge in [0.1, 0.15) is 16.3 Å². The van der Waals surface area contributed by atoms with Crippen LogP contribution in [0.2, 0.25) is 0 Å². The van der Waals surface area contributed by atoms with Crippen LogP contribution in [-0.2, 0) is 6.54 Å². The fourth-order valence-corrected chi connectivity index (χ4v) is 4.82. The second kappa shape index (κ2) is 9.63. The van der Waals surface area contributed by atoms with Gasteiger partial charge in [0.05, 0.1) is 11.2 Å².